The van der Waals surface area contributed by atoms with E-state index < -0.39 is 0 Å². The molecule has 0 saturated carbocycles. The van der Waals surface area contributed by atoms with Crippen molar-refractivity contribution in [3.05, 3.63) is 53.8 Å². The molecule has 0 unspecified atom stereocenters. The summed E-state index contributed by atoms with van der Waals surface area (Å²) >= 11 is 6.21. The van der Waals surface area contributed by atoms with Gasteiger partial charge < -0.3 is 13.9 Å². The highest BCUT2D eigenvalue weighted by Crippen LogP contribution is 2.39. The summed E-state index contributed by atoms with van der Waals surface area (Å²) < 4.78 is 16.1. The zero-order chi connectivity index (χ0) is 15.5. The van der Waals surface area contributed by atoms with E-state index in [2.05, 4.69) is 4.98 Å². The number of ether oxygens (including phenoxy) is 2. The summed E-state index contributed by atoms with van der Waals surface area (Å²) in [6.07, 6.45) is 1.62. The van der Waals surface area contributed by atoms with E-state index in [4.69, 9.17) is 25.5 Å². The Bertz CT molecular complexity index is 784. The van der Waals surface area contributed by atoms with Crippen LogP contribution in [-0.4, -0.2) is 19.2 Å². The second-order valence-electron chi connectivity index (χ2n) is 4.60. The fourth-order valence-electron chi connectivity index (χ4n) is 2.19. The zero-order valence-corrected chi connectivity index (χ0v) is 12.9. The molecular weight excluding hydrogens is 302 g/mol. The highest BCUT2D eigenvalue weighted by molar-refractivity contribution is 6.32. The number of benzene rings is 2. The van der Waals surface area contributed by atoms with Crippen LogP contribution in [-0.2, 0) is 0 Å². The minimum absolute atomic E-state index is 0.441. The van der Waals surface area contributed by atoms with Crippen LogP contribution in [0.1, 0.15) is 0 Å². The summed E-state index contributed by atoms with van der Waals surface area (Å²) in [4.78, 5) is 4.50. The standard InChI is InChI=1S/C17H14ClNO3/c1-20-15-9-12(8-13(18)16(15)21-2)17-19-14(10-22-17)11-6-4-3-5-7-11/h3-10H,1-2H3. The van der Waals surface area contributed by atoms with Crippen LogP contribution in [0.2, 0.25) is 5.02 Å². The topological polar surface area (TPSA) is 44.5 Å². The van der Waals surface area contributed by atoms with Gasteiger partial charge in [0, 0.05) is 11.1 Å². The van der Waals surface area contributed by atoms with Gasteiger partial charge in [0.15, 0.2) is 11.5 Å². The first kappa shape index (κ1) is 14.5. The predicted molar refractivity (Wildman–Crippen MR) is 85.5 cm³/mol. The Labute approximate surface area is 133 Å². The van der Waals surface area contributed by atoms with Gasteiger partial charge in [-0.3, -0.25) is 0 Å². The van der Waals surface area contributed by atoms with E-state index in [0.717, 1.165) is 16.8 Å². The van der Waals surface area contributed by atoms with Gasteiger partial charge in [-0.15, -0.1) is 0 Å². The third kappa shape index (κ3) is 2.65. The Morgan fingerprint density at radius 3 is 2.45 bits per heavy atom. The molecule has 0 aliphatic carbocycles. The second kappa shape index (κ2) is 6.12. The summed E-state index contributed by atoms with van der Waals surface area (Å²) in [5.41, 5.74) is 2.48. The number of hydrogen-bond donors (Lipinski definition) is 0. The maximum atomic E-state index is 6.21. The van der Waals surface area contributed by atoms with Crippen LogP contribution in [0.25, 0.3) is 22.7 Å². The molecule has 0 spiro atoms. The summed E-state index contributed by atoms with van der Waals surface area (Å²) in [5.74, 6) is 1.49. The lowest BCUT2D eigenvalue weighted by Gasteiger charge is -2.10. The Balaban J connectivity index is 2.02. The van der Waals surface area contributed by atoms with Crippen LogP contribution < -0.4 is 9.47 Å². The maximum Gasteiger partial charge on any atom is 0.226 e. The van der Waals surface area contributed by atoms with Crippen molar-refractivity contribution in [3.8, 4) is 34.2 Å². The van der Waals surface area contributed by atoms with Crippen LogP contribution in [0, 0.1) is 0 Å². The number of nitrogens with zero attached hydrogens (tertiary/aromatic N) is 1. The molecule has 0 N–H and O–H groups in total. The van der Waals surface area contributed by atoms with Crippen molar-refractivity contribution in [2.24, 2.45) is 0 Å². The van der Waals surface area contributed by atoms with Crippen LogP contribution >= 0.6 is 11.6 Å². The largest absolute Gasteiger partial charge is 0.493 e. The van der Waals surface area contributed by atoms with E-state index in [1.165, 1.54) is 0 Å². The van der Waals surface area contributed by atoms with Crippen molar-refractivity contribution < 1.29 is 13.9 Å². The first-order valence-electron chi connectivity index (χ1n) is 6.65. The lowest BCUT2D eigenvalue weighted by Crippen LogP contribution is -1.92. The lowest BCUT2D eigenvalue weighted by molar-refractivity contribution is 0.355. The van der Waals surface area contributed by atoms with Crippen molar-refractivity contribution >= 4 is 11.6 Å². The van der Waals surface area contributed by atoms with E-state index in [0.29, 0.717) is 22.4 Å². The Hall–Kier alpha value is -2.46. The molecule has 22 heavy (non-hydrogen) atoms. The summed E-state index contributed by atoms with van der Waals surface area (Å²) in [6, 6.07) is 13.3. The van der Waals surface area contributed by atoms with Crippen molar-refractivity contribution in [2.45, 2.75) is 0 Å². The van der Waals surface area contributed by atoms with Gasteiger partial charge in [0.25, 0.3) is 0 Å². The van der Waals surface area contributed by atoms with E-state index >= 15 is 0 Å². The van der Waals surface area contributed by atoms with Gasteiger partial charge in [-0.1, -0.05) is 41.9 Å². The van der Waals surface area contributed by atoms with E-state index in [1.54, 1.807) is 32.6 Å². The zero-order valence-electron chi connectivity index (χ0n) is 12.2. The van der Waals surface area contributed by atoms with Crippen molar-refractivity contribution in [2.75, 3.05) is 14.2 Å². The average molecular weight is 316 g/mol. The molecule has 0 saturated heterocycles. The normalized spacial score (nSPS) is 10.5. The number of methoxy groups -OCH3 is 2. The summed E-state index contributed by atoms with van der Waals surface area (Å²) in [5, 5.41) is 0.441. The number of halogens is 1. The maximum absolute atomic E-state index is 6.21. The molecule has 112 valence electrons. The van der Waals surface area contributed by atoms with Crippen LogP contribution in [0.15, 0.2) is 53.1 Å². The van der Waals surface area contributed by atoms with Gasteiger partial charge in [0.1, 0.15) is 12.0 Å². The van der Waals surface area contributed by atoms with E-state index in [9.17, 15) is 0 Å². The molecule has 1 aromatic heterocycles. The first-order chi connectivity index (χ1) is 10.7. The third-order valence-corrected chi connectivity index (χ3v) is 3.54. The monoisotopic (exact) mass is 315 g/mol. The van der Waals surface area contributed by atoms with Gasteiger partial charge in [-0.2, -0.15) is 0 Å². The van der Waals surface area contributed by atoms with Crippen molar-refractivity contribution in [1.82, 2.24) is 4.98 Å². The van der Waals surface area contributed by atoms with E-state index in [1.807, 2.05) is 30.3 Å². The molecule has 0 radical (unpaired) electrons. The Kier molecular flexibility index (Phi) is 4.02. The fraction of sp³-hybridized carbons (Fsp3) is 0.118. The van der Waals surface area contributed by atoms with Crippen molar-refractivity contribution in [3.63, 3.8) is 0 Å². The molecule has 5 heteroatoms. The van der Waals surface area contributed by atoms with Crippen LogP contribution in [0.4, 0.5) is 0 Å². The van der Waals surface area contributed by atoms with Gasteiger partial charge in [0.05, 0.1) is 19.2 Å². The van der Waals surface area contributed by atoms with Crippen LogP contribution in [0.5, 0.6) is 11.5 Å². The molecule has 0 bridgehead atoms. The second-order valence-corrected chi connectivity index (χ2v) is 5.00. The Morgan fingerprint density at radius 2 is 1.77 bits per heavy atom. The molecule has 0 amide bonds. The molecule has 3 rings (SSSR count). The lowest BCUT2D eigenvalue weighted by atomic mass is 10.2. The minimum atomic E-state index is 0.441. The SMILES string of the molecule is COc1cc(-c2nc(-c3ccccc3)co2)cc(Cl)c1OC. The molecule has 0 atom stereocenters. The van der Waals surface area contributed by atoms with Gasteiger partial charge in [-0.25, -0.2) is 4.98 Å². The molecule has 0 aliphatic heterocycles. The molecule has 1 heterocycles. The molecule has 2 aromatic carbocycles. The molecule has 0 fully saturated rings. The predicted octanol–water partition coefficient (Wildman–Crippen LogP) is 4.68. The number of hydrogen-bond acceptors (Lipinski definition) is 4. The van der Waals surface area contributed by atoms with Gasteiger partial charge in [-0.05, 0) is 12.1 Å². The molecule has 3 aromatic rings. The highest BCUT2D eigenvalue weighted by atomic mass is 35.5. The molecule has 4 nitrogen and oxygen atoms in total. The number of rotatable bonds is 4. The summed E-state index contributed by atoms with van der Waals surface area (Å²) in [6.45, 7) is 0. The first-order valence-corrected chi connectivity index (χ1v) is 7.03. The van der Waals surface area contributed by atoms with Gasteiger partial charge >= 0.3 is 0 Å². The Morgan fingerprint density at radius 1 is 1.00 bits per heavy atom. The summed E-state index contributed by atoms with van der Waals surface area (Å²) in [7, 11) is 3.10. The average Bonchev–Trinajstić information content (AvgIpc) is 3.05. The van der Waals surface area contributed by atoms with Crippen molar-refractivity contribution in [1.29, 1.82) is 0 Å². The molecular formula is C17H14ClNO3. The number of aromatic nitrogens is 1. The highest BCUT2D eigenvalue weighted by Gasteiger charge is 2.15. The molecule has 0 aliphatic rings. The van der Waals surface area contributed by atoms with Gasteiger partial charge in [0.2, 0.25) is 5.89 Å². The smallest absolute Gasteiger partial charge is 0.226 e. The van der Waals surface area contributed by atoms with E-state index in [-0.39, 0.29) is 0 Å². The minimum Gasteiger partial charge on any atom is -0.493 e. The third-order valence-electron chi connectivity index (χ3n) is 3.25. The van der Waals surface area contributed by atoms with Crippen LogP contribution in [0.3, 0.4) is 0 Å². The fourth-order valence-corrected chi connectivity index (χ4v) is 2.48. The quantitative estimate of drug-likeness (QED) is 0.701. The number of oxazole rings is 1.